The van der Waals surface area contributed by atoms with Gasteiger partial charge in [0.25, 0.3) is 5.91 Å². The zero-order valence-corrected chi connectivity index (χ0v) is 9.98. The first-order valence-corrected chi connectivity index (χ1v) is 5.81. The number of hydrogen-bond donors (Lipinski definition) is 2. The molecule has 1 aliphatic carbocycles. The number of methoxy groups -OCH3 is 1. The smallest absolute Gasteiger partial charge is 0.254 e. The predicted molar refractivity (Wildman–Crippen MR) is 65.4 cm³/mol. The number of nitrogens with one attached hydrogen (secondary N) is 1. The molecule has 4 nitrogen and oxygen atoms in total. The SMILES string of the molecule is COC(C(=O)NC1(CN)CC1)c1ccccc1. The molecule has 0 aliphatic heterocycles. The topological polar surface area (TPSA) is 64.3 Å². The van der Waals surface area contributed by atoms with Gasteiger partial charge in [-0.1, -0.05) is 30.3 Å². The Hall–Kier alpha value is -1.39. The number of hydrogen-bond acceptors (Lipinski definition) is 3. The molecule has 1 saturated carbocycles. The standard InChI is InChI=1S/C13H18N2O2/c1-17-11(10-5-3-2-4-6-10)12(16)15-13(9-14)7-8-13/h2-6,11H,7-9,14H2,1H3,(H,15,16). The van der Waals surface area contributed by atoms with Gasteiger partial charge in [-0.15, -0.1) is 0 Å². The first-order valence-electron chi connectivity index (χ1n) is 5.81. The number of nitrogens with two attached hydrogens (primary N) is 1. The van der Waals surface area contributed by atoms with Crippen LogP contribution in [0.2, 0.25) is 0 Å². The van der Waals surface area contributed by atoms with E-state index in [-0.39, 0.29) is 11.4 Å². The monoisotopic (exact) mass is 234 g/mol. The fourth-order valence-corrected chi connectivity index (χ4v) is 1.88. The number of carbonyl (C=O) groups excluding carboxylic acids is 1. The molecule has 0 heterocycles. The van der Waals surface area contributed by atoms with E-state index < -0.39 is 6.10 Å². The third kappa shape index (κ3) is 2.65. The van der Waals surface area contributed by atoms with E-state index in [2.05, 4.69) is 5.32 Å². The molecule has 3 N–H and O–H groups in total. The second-order valence-corrected chi connectivity index (χ2v) is 4.50. The summed E-state index contributed by atoms with van der Waals surface area (Å²) in [4.78, 5) is 12.1. The lowest BCUT2D eigenvalue weighted by molar-refractivity contribution is -0.132. The lowest BCUT2D eigenvalue weighted by atomic mass is 10.1. The molecule has 1 amide bonds. The number of benzene rings is 1. The van der Waals surface area contributed by atoms with E-state index in [1.165, 1.54) is 0 Å². The van der Waals surface area contributed by atoms with Crippen molar-refractivity contribution in [1.82, 2.24) is 5.32 Å². The highest BCUT2D eigenvalue weighted by molar-refractivity contribution is 5.83. The van der Waals surface area contributed by atoms with Crippen LogP contribution in [0.1, 0.15) is 24.5 Å². The predicted octanol–water partition coefficient (Wildman–Crippen LogP) is 0.982. The van der Waals surface area contributed by atoms with Crippen LogP contribution in [0.4, 0.5) is 0 Å². The van der Waals surface area contributed by atoms with Crippen molar-refractivity contribution < 1.29 is 9.53 Å². The van der Waals surface area contributed by atoms with Gasteiger partial charge in [0.15, 0.2) is 6.10 Å². The summed E-state index contributed by atoms with van der Waals surface area (Å²) in [5.41, 5.74) is 6.33. The zero-order valence-electron chi connectivity index (χ0n) is 9.98. The second-order valence-electron chi connectivity index (χ2n) is 4.50. The Bertz CT molecular complexity index is 388. The molecule has 2 rings (SSSR count). The molecule has 1 aromatic rings. The Labute approximate surface area is 101 Å². The molecule has 0 bridgehead atoms. The molecule has 0 aromatic heterocycles. The molecule has 0 radical (unpaired) electrons. The Morgan fingerprint density at radius 2 is 2.12 bits per heavy atom. The number of rotatable bonds is 5. The van der Waals surface area contributed by atoms with Gasteiger partial charge in [0.2, 0.25) is 0 Å². The van der Waals surface area contributed by atoms with Crippen molar-refractivity contribution in [2.45, 2.75) is 24.5 Å². The van der Waals surface area contributed by atoms with Gasteiger partial charge >= 0.3 is 0 Å². The Morgan fingerprint density at radius 3 is 2.59 bits per heavy atom. The maximum Gasteiger partial charge on any atom is 0.254 e. The number of amides is 1. The van der Waals surface area contributed by atoms with Gasteiger partial charge in [-0.3, -0.25) is 4.79 Å². The van der Waals surface area contributed by atoms with Crippen molar-refractivity contribution in [1.29, 1.82) is 0 Å². The summed E-state index contributed by atoms with van der Waals surface area (Å²) in [5, 5.41) is 2.98. The highest BCUT2D eigenvalue weighted by Crippen LogP contribution is 2.34. The molecule has 1 aliphatic rings. The van der Waals surface area contributed by atoms with Crippen molar-refractivity contribution in [3.05, 3.63) is 35.9 Å². The fraction of sp³-hybridized carbons (Fsp3) is 0.462. The summed E-state index contributed by atoms with van der Waals surface area (Å²) in [6.07, 6.45) is 1.36. The highest BCUT2D eigenvalue weighted by atomic mass is 16.5. The summed E-state index contributed by atoms with van der Waals surface area (Å²) in [7, 11) is 1.54. The van der Waals surface area contributed by atoms with Gasteiger partial charge in [0.1, 0.15) is 0 Å². The molecule has 0 spiro atoms. The van der Waals surface area contributed by atoms with Gasteiger partial charge in [-0.25, -0.2) is 0 Å². The maximum absolute atomic E-state index is 12.1. The molecular weight excluding hydrogens is 216 g/mol. The minimum atomic E-state index is -0.555. The molecule has 4 heteroatoms. The minimum absolute atomic E-state index is 0.110. The van der Waals surface area contributed by atoms with E-state index in [1.54, 1.807) is 7.11 Å². The van der Waals surface area contributed by atoms with Crippen LogP contribution in [0, 0.1) is 0 Å². The Morgan fingerprint density at radius 1 is 1.47 bits per heavy atom. The molecule has 92 valence electrons. The van der Waals surface area contributed by atoms with E-state index >= 15 is 0 Å². The van der Waals surface area contributed by atoms with Crippen LogP contribution in [0.3, 0.4) is 0 Å². The van der Waals surface area contributed by atoms with Crippen LogP contribution in [-0.2, 0) is 9.53 Å². The van der Waals surface area contributed by atoms with Gasteiger partial charge in [0.05, 0.1) is 5.54 Å². The largest absolute Gasteiger partial charge is 0.367 e. The average molecular weight is 234 g/mol. The Balaban J connectivity index is 2.06. The highest BCUT2D eigenvalue weighted by Gasteiger charge is 2.43. The van der Waals surface area contributed by atoms with Crippen LogP contribution in [0.25, 0.3) is 0 Å². The lowest BCUT2D eigenvalue weighted by Gasteiger charge is -2.20. The normalized spacial score (nSPS) is 18.5. The zero-order chi connectivity index (χ0) is 12.3. The van der Waals surface area contributed by atoms with E-state index in [4.69, 9.17) is 10.5 Å². The summed E-state index contributed by atoms with van der Waals surface area (Å²) in [6.45, 7) is 0.490. The van der Waals surface area contributed by atoms with E-state index in [1.807, 2.05) is 30.3 Å². The molecule has 1 aromatic carbocycles. The Kier molecular flexibility index (Phi) is 3.45. The first kappa shape index (κ1) is 12.1. The van der Waals surface area contributed by atoms with Gasteiger partial charge in [-0.2, -0.15) is 0 Å². The average Bonchev–Trinajstić information content (AvgIpc) is 3.12. The van der Waals surface area contributed by atoms with Crippen LogP contribution < -0.4 is 11.1 Å². The summed E-state index contributed by atoms with van der Waals surface area (Å²) >= 11 is 0. The van der Waals surface area contributed by atoms with Crippen LogP contribution in [-0.4, -0.2) is 25.1 Å². The van der Waals surface area contributed by atoms with Crippen molar-refractivity contribution in [2.75, 3.05) is 13.7 Å². The molecular formula is C13H18N2O2. The van der Waals surface area contributed by atoms with Crippen LogP contribution >= 0.6 is 0 Å². The summed E-state index contributed by atoms with van der Waals surface area (Å²) < 4.78 is 5.26. The van der Waals surface area contributed by atoms with Crippen molar-refractivity contribution in [2.24, 2.45) is 5.73 Å². The minimum Gasteiger partial charge on any atom is -0.367 e. The van der Waals surface area contributed by atoms with Crippen LogP contribution in [0.5, 0.6) is 0 Å². The van der Waals surface area contributed by atoms with Gasteiger partial charge < -0.3 is 15.8 Å². The number of carbonyl (C=O) groups is 1. The van der Waals surface area contributed by atoms with E-state index in [0.29, 0.717) is 6.54 Å². The third-order valence-corrected chi connectivity index (χ3v) is 3.21. The molecule has 1 fully saturated rings. The van der Waals surface area contributed by atoms with Crippen molar-refractivity contribution >= 4 is 5.91 Å². The molecule has 1 unspecified atom stereocenters. The van der Waals surface area contributed by atoms with Gasteiger partial charge in [0, 0.05) is 13.7 Å². The maximum atomic E-state index is 12.1. The quantitative estimate of drug-likeness (QED) is 0.798. The van der Waals surface area contributed by atoms with Crippen molar-refractivity contribution in [3.8, 4) is 0 Å². The van der Waals surface area contributed by atoms with Gasteiger partial charge in [-0.05, 0) is 18.4 Å². The fourth-order valence-electron chi connectivity index (χ4n) is 1.88. The summed E-state index contributed by atoms with van der Waals surface area (Å²) in [6, 6.07) is 9.47. The molecule has 0 saturated heterocycles. The third-order valence-electron chi connectivity index (χ3n) is 3.21. The number of ether oxygens (including phenoxy) is 1. The second kappa shape index (κ2) is 4.85. The van der Waals surface area contributed by atoms with Crippen LogP contribution in [0.15, 0.2) is 30.3 Å². The lowest BCUT2D eigenvalue weighted by Crippen LogP contribution is -2.44. The summed E-state index contributed by atoms with van der Waals surface area (Å²) in [5.74, 6) is -0.110. The first-order chi connectivity index (χ1) is 8.21. The van der Waals surface area contributed by atoms with Crippen molar-refractivity contribution in [3.63, 3.8) is 0 Å². The van der Waals surface area contributed by atoms with E-state index in [9.17, 15) is 4.79 Å². The molecule has 1 atom stereocenters. The molecule has 17 heavy (non-hydrogen) atoms. The van der Waals surface area contributed by atoms with E-state index in [0.717, 1.165) is 18.4 Å².